The monoisotopic (exact) mass is 327 g/mol. The summed E-state index contributed by atoms with van der Waals surface area (Å²) in [5.41, 5.74) is 8.17. The van der Waals surface area contributed by atoms with E-state index in [1.54, 1.807) is 17.8 Å². The molecule has 0 fully saturated rings. The lowest BCUT2D eigenvalue weighted by Gasteiger charge is -2.21. The molecular formula is C17H21N5O2. The summed E-state index contributed by atoms with van der Waals surface area (Å²) >= 11 is 0. The van der Waals surface area contributed by atoms with Crippen LogP contribution in [0.3, 0.4) is 0 Å². The first-order valence-corrected chi connectivity index (χ1v) is 7.89. The third kappa shape index (κ3) is 3.52. The van der Waals surface area contributed by atoms with Crippen molar-refractivity contribution in [2.24, 2.45) is 0 Å². The van der Waals surface area contributed by atoms with Crippen molar-refractivity contribution in [3.8, 4) is 0 Å². The van der Waals surface area contributed by atoms with Gasteiger partial charge in [-0.2, -0.15) is 0 Å². The Hall–Kier alpha value is -2.51. The van der Waals surface area contributed by atoms with Gasteiger partial charge in [0.15, 0.2) is 11.5 Å². The molecule has 7 nitrogen and oxygen atoms in total. The van der Waals surface area contributed by atoms with Crippen molar-refractivity contribution >= 4 is 17.0 Å². The summed E-state index contributed by atoms with van der Waals surface area (Å²) < 4.78 is 7.57. The number of hydrogen-bond donors (Lipinski definition) is 2. The van der Waals surface area contributed by atoms with E-state index < -0.39 is 6.10 Å². The van der Waals surface area contributed by atoms with Gasteiger partial charge in [0.1, 0.15) is 11.8 Å². The Bertz CT molecular complexity index is 788. The highest BCUT2D eigenvalue weighted by atomic mass is 16.5. The zero-order chi connectivity index (χ0) is 16.9. The molecule has 1 aromatic carbocycles. The minimum atomic E-state index is -0.615. The number of aromatic nitrogens is 4. The van der Waals surface area contributed by atoms with Crippen LogP contribution in [0.4, 0.5) is 5.82 Å². The van der Waals surface area contributed by atoms with Crippen molar-refractivity contribution in [2.75, 3.05) is 18.9 Å². The molecule has 0 saturated carbocycles. The van der Waals surface area contributed by atoms with E-state index in [4.69, 9.17) is 10.5 Å². The first-order chi connectivity index (χ1) is 11.7. The molecule has 0 saturated heterocycles. The van der Waals surface area contributed by atoms with Gasteiger partial charge in [0, 0.05) is 0 Å². The van der Waals surface area contributed by atoms with Gasteiger partial charge in [-0.1, -0.05) is 30.3 Å². The number of benzene rings is 1. The van der Waals surface area contributed by atoms with Gasteiger partial charge in [0.2, 0.25) is 0 Å². The second-order valence-electron chi connectivity index (χ2n) is 5.70. The van der Waals surface area contributed by atoms with Crippen molar-refractivity contribution in [2.45, 2.75) is 25.5 Å². The number of aliphatic hydroxyl groups excluding tert-OH is 1. The topological polar surface area (TPSA) is 99.1 Å². The van der Waals surface area contributed by atoms with Crippen molar-refractivity contribution in [1.29, 1.82) is 0 Å². The van der Waals surface area contributed by atoms with Crippen LogP contribution in [0.15, 0.2) is 43.0 Å². The molecule has 2 aromatic heterocycles. The van der Waals surface area contributed by atoms with Crippen molar-refractivity contribution in [3.05, 3.63) is 48.5 Å². The molecule has 126 valence electrons. The van der Waals surface area contributed by atoms with Crippen LogP contribution in [0, 0.1) is 0 Å². The summed E-state index contributed by atoms with van der Waals surface area (Å²) in [6.07, 6.45) is 3.22. The minimum Gasteiger partial charge on any atom is -0.391 e. The molecule has 24 heavy (non-hydrogen) atoms. The average molecular weight is 327 g/mol. The number of nitrogens with two attached hydrogens (primary N) is 1. The molecule has 0 aliphatic heterocycles. The molecular weight excluding hydrogens is 306 g/mol. The van der Waals surface area contributed by atoms with Gasteiger partial charge in [0.05, 0.1) is 31.7 Å². The lowest BCUT2D eigenvalue weighted by molar-refractivity contribution is 0.0443. The summed E-state index contributed by atoms with van der Waals surface area (Å²) in [7, 11) is 0. The fourth-order valence-electron chi connectivity index (χ4n) is 2.60. The number of rotatable bonds is 7. The van der Waals surface area contributed by atoms with Gasteiger partial charge in [-0.15, -0.1) is 0 Å². The molecule has 2 heterocycles. The molecule has 3 aromatic rings. The molecule has 0 aliphatic carbocycles. The molecule has 0 spiro atoms. The Labute approximate surface area is 140 Å². The Morgan fingerprint density at radius 2 is 2.00 bits per heavy atom. The molecule has 2 atom stereocenters. The van der Waals surface area contributed by atoms with Gasteiger partial charge in [-0.3, -0.25) is 0 Å². The third-order valence-corrected chi connectivity index (χ3v) is 3.97. The zero-order valence-corrected chi connectivity index (χ0v) is 13.5. The predicted octanol–water partition coefficient (Wildman–Crippen LogP) is 1.59. The smallest absolute Gasteiger partial charge is 0.165 e. The van der Waals surface area contributed by atoms with E-state index in [0.717, 1.165) is 6.42 Å². The molecule has 0 radical (unpaired) electrons. The van der Waals surface area contributed by atoms with E-state index >= 15 is 0 Å². The van der Waals surface area contributed by atoms with Crippen LogP contribution in [0.25, 0.3) is 11.2 Å². The second kappa shape index (κ2) is 7.37. The number of nitrogen functional groups attached to an aromatic ring is 1. The summed E-state index contributed by atoms with van der Waals surface area (Å²) in [6, 6.07) is 9.86. The van der Waals surface area contributed by atoms with Crippen molar-refractivity contribution < 1.29 is 9.84 Å². The van der Waals surface area contributed by atoms with Crippen LogP contribution in [0.2, 0.25) is 0 Å². The lowest BCUT2D eigenvalue weighted by atomic mass is 10.1. The van der Waals surface area contributed by atoms with E-state index in [-0.39, 0.29) is 6.04 Å². The second-order valence-corrected chi connectivity index (χ2v) is 5.70. The van der Waals surface area contributed by atoms with Gasteiger partial charge in [-0.05, 0) is 18.9 Å². The van der Waals surface area contributed by atoms with Crippen molar-refractivity contribution in [1.82, 2.24) is 19.5 Å². The highest BCUT2D eigenvalue weighted by Gasteiger charge is 2.21. The van der Waals surface area contributed by atoms with Crippen LogP contribution >= 0.6 is 0 Å². The third-order valence-electron chi connectivity index (χ3n) is 3.97. The molecule has 3 N–H and O–H groups in total. The lowest BCUT2D eigenvalue weighted by Crippen LogP contribution is -2.26. The summed E-state index contributed by atoms with van der Waals surface area (Å²) in [5.74, 6) is 0.327. The van der Waals surface area contributed by atoms with E-state index in [9.17, 15) is 5.11 Å². The summed E-state index contributed by atoms with van der Waals surface area (Å²) in [4.78, 5) is 12.4. The first kappa shape index (κ1) is 16.4. The molecule has 0 unspecified atom stereocenters. The predicted molar refractivity (Wildman–Crippen MR) is 91.4 cm³/mol. The normalized spacial score (nSPS) is 13.9. The highest BCUT2D eigenvalue weighted by molar-refractivity contribution is 5.81. The standard InChI is InChI=1S/C17H21N5O2/c1-12(23)14(9-24-8-7-13-5-3-2-4-6-13)22-11-21-15-16(18)19-10-20-17(15)22/h2-6,10-12,14,23H,7-9H2,1H3,(H2,18,19,20)/t12-,14+/m0/s1. The number of imidazole rings is 1. The number of hydrogen-bond acceptors (Lipinski definition) is 6. The quantitative estimate of drug-likeness (QED) is 0.639. The summed E-state index contributed by atoms with van der Waals surface area (Å²) in [5, 5.41) is 10.1. The number of nitrogens with zero attached hydrogens (tertiary/aromatic N) is 4. The van der Waals surface area contributed by atoms with Gasteiger partial charge >= 0.3 is 0 Å². The molecule has 0 amide bonds. The van der Waals surface area contributed by atoms with Gasteiger partial charge in [0.25, 0.3) is 0 Å². The van der Waals surface area contributed by atoms with Crippen LogP contribution in [-0.4, -0.2) is 43.9 Å². The number of ether oxygens (including phenoxy) is 1. The van der Waals surface area contributed by atoms with E-state index in [0.29, 0.717) is 30.2 Å². The Morgan fingerprint density at radius 1 is 1.21 bits per heavy atom. The van der Waals surface area contributed by atoms with E-state index in [2.05, 4.69) is 27.1 Å². The average Bonchev–Trinajstić information content (AvgIpc) is 3.01. The van der Waals surface area contributed by atoms with Crippen LogP contribution in [0.5, 0.6) is 0 Å². The van der Waals surface area contributed by atoms with Gasteiger partial charge < -0.3 is 20.1 Å². The SMILES string of the molecule is C[C@H](O)[C@@H](COCCc1ccccc1)n1cnc2c(N)ncnc21. The molecule has 3 rings (SSSR count). The van der Waals surface area contributed by atoms with Gasteiger partial charge in [-0.25, -0.2) is 15.0 Å². The Morgan fingerprint density at radius 3 is 2.75 bits per heavy atom. The minimum absolute atomic E-state index is 0.292. The zero-order valence-electron chi connectivity index (χ0n) is 13.5. The van der Waals surface area contributed by atoms with Crippen LogP contribution in [0.1, 0.15) is 18.5 Å². The number of fused-ring (bicyclic) bond motifs is 1. The Balaban J connectivity index is 1.67. The Kier molecular flexibility index (Phi) is 5.02. The van der Waals surface area contributed by atoms with E-state index in [1.165, 1.54) is 11.9 Å². The first-order valence-electron chi connectivity index (χ1n) is 7.89. The molecule has 0 bridgehead atoms. The highest BCUT2D eigenvalue weighted by Crippen LogP contribution is 2.21. The maximum Gasteiger partial charge on any atom is 0.165 e. The van der Waals surface area contributed by atoms with Crippen molar-refractivity contribution in [3.63, 3.8) is 0 Å². The number of aliphatic hydroxyl groups is 1. The maximum absolute atomic E-state index is 10.1. The fraction of sp³-hybridized carbons (Fsp3) is 0.353. The van der Waals surface area contributed by atoms with Crippen LogP contribution < -0.4 is 5.73 Å². The van der Waals surface area contributed by atoms with E-state index in [1.807, 2.05) is 18.2 Å². The fourth-order valence-corrected chi connectivity index (χ4v) is 2.60. The maximum atomic E-state index is 10.1. The summed E-state index contributed by atoms with van der Waals surface area (Å²) in [6.45, 7) is 2.67. The molecule has 0 aliphatic rings. The number of anilines is 1. The van der Waals surface area contributed by atoms with Crippen LogP contribution in [-0.2, 0) is 11.2 Å². The molecule has 7 heteroatoms. The largest absolute Gasteiger partial charge is 0.391 e.